The van der Waals surface area contributed by atoms with E-state index in [0.717, 1.165) is 10.1 Å². The third kappa shape index (κ3) is 7.29. The quantitative estimate of drug-likeness (QED) is 0.287. The molecule has 0 fully saturated rings. The van der Waals surface area contributed by atoms with Crippen LogP contribution in [0.25, 0.3) is 10.1 Å². The second-order valence-electron chi connectivity index (χ2n) is 8.85. The third-order valence-corrected chi connectivity index (χ3v) is 9.46. The SMILES string of the molecule is CC(C)C[C@H](NC(=O)c1cc2ccccc2s1)C(=O)NCCCN(C)S(=O)(=O)c1ccc(Br)cc1Cl. The smallest absolute Gasteiger partial charge is 0.262 e. The zero-order valence-electron chi connectivity index (χ0n) is 20.3. The number of amides is 2. The van der Waals surface area contributed by atoms with Crippen molar-refractivity contribution in [3.63, 3.8) is 0 Å². The molecule has 0 aliphatic heterocycles. The molecule has 0 spiro atoms. The molecule has 1 heterocycles. The first-order valence-corrected chi connectivity index (χ1v) is 14.9. The Morgan fingerprint density at radius 3 is 2.53 bits per heavy atom. The second-order valence-corrected chi connectivity index (χ2v) is 13.3. The van der Waals surface area contributed by atoms with E-state index in [1.165, 1.54) is 34.8 Å². The maximum absolute atomic E-state index is 12.9. The summed E-state index contributed by atoms with van der Waals surface area (Å²) in [6.45, 7) is 4.43. The van der Waals surface area contributed by atoms with E-state index in [1.807, 2.05) is 44.2 Å². The fourth-order valence-corrected chi connectivity index (χ4v) is 6.82. The molecular weight excluding hydrogens is 586 g/mol. The molecule has 2 amide bonds. The van der Waals surface area contributed by atoms with Crippen molar-refractivity contribution < 1.29 is 18.0 Å². The van der Waals surface area contributed by atoms with Crippen LogP contribution in [0.2, 0.25) is 5.02 Å². The van der Waals surface area contributed by atoms with Crippen molar-refractivity contribution in [1.29, 1.82) is 0 Å². The first kappa shape index (κ1) is 28.6. The monoisotopic (exact) mass is 613 g/mol. The molecular formula is C25H29BrClN3O4S2. The highest BCUT2D eigenvalue weighted by molar-refractivity contribution is 9.10. The third-order valence-electron chi connectivity index (χ3n) is 5.51. The molecule has 1 aromatic heterocycles. The van der Waals surface area contributed by atoms with E-state index in [1.54, 1.807) is 6.07 Å². The Balaban J connectivity index is 1.56. The van der Waals surface area contributed by atoms with Gasteiger partial charge in [-0.05, 0) is 54.5 Å². The molecule has 0 aliphatic rings. The maximum atomic E-state index is 12.9. The topological polar surface area (TPSA) is 95.6 Å². The molecule has 3 aromatic rings. The number of halogens is 2. The molecule has 2 N–H and O–H groups in total. The lowest BCUT2D eigenvalue weighted by atomic mass is 10.0. The van der Waals surface area contributed by atoms with Crippen molar-refractivity contribution in [3.8, 4) is 0 Å². The van der Waals surface area contributed by atoms with Crippen molar-refractivity contribution in [2.24, 2.45) is 5.92 Å². The zero-order valence-corrected chi connectivity index (χ0v) is 24.2. The van der Waals surface area contributed by atoms with Crippen LogP contribution in [0.4, 0.5) is 0 Å². The molecule has 0 saturated heterocycles. The molecule has 7 nitrogen and oxygen atoms in total. The van der Waals surface area contributed by atoms with Crippen LogP contribution in [-0.2, 0) is 14.8 Å². The van der Waals surface area contributed by atoms with Crippen LogP contribution in [0.15, 0.2) is 57.9 Å². The second kappa shape index (κ2) is 12.5. The van der Waals surface area contributed by atoms with Crippen molar-refractivity contribution in [1.82, 2.24) is 14.9 Å². The number of thiophene rings is 1. The summed E-state index contributed by atoms with van der Waals surface area (Å²) in [5, 5.41) is 6.82. The molecule has 36 heavy (non-hydrogen) atoms. The van der Waals surface area contributed by atoms with Crippen LogP contribution >= 0.6 is 38.9 Å². The van der Waals surface area contributed by atoms with Gasteiger partial charge in [-0.1, -0.05) is 59.6 Å². The van der Waals surface area contributed by atoms with Gasteiger partial charge in [0, 0.05) is 29.3 Å². The molecule has 0 saturated carbocycles. The van der Waals surface area contributed by atoms with Gasteiger partial charge in [0.25, 0.3) is 5.91 Å². The Kier molecular flexibility index (Phi) is 9.94. The van der Waals surface area contributed by atoms with Crippen molar-refractivity contribution in [3.05, 3.63) is 62.9 Å². The summed E-state index contributed by atoms with van der Waals surface area (Å²) < 4.78 is 28.6. The predicted octanol–water partition coefficient (Wildman–Crippen LogP) is 5.29. The van der Waals surface area contributed by atoms with Crippen LogP contribution in [-0.4, -0.2) is 50.7 Å². The number of hydrogen-bond donors (Lipinski definition) is 2. The van der Waals surface area contributed by atoms with Crippen LogP contribution < -0.4 is 10.6 Å². The number of sulfonamides is 1. The number of carbonyl (C=O) groups excluding carboxylic acids is 2. The fraction of sp³-hybridized carbons (Fsp3) is 0.360. The van der Waals surface area contributed by atoms with Gasteiger partial charge in [-0.25, -0.2) is 12.7 Å². The average Bonchev–Trinajstić information content (AvgIpc) is 3.25. The molecule has 3 rings (SSSR count). The number of rotatable bonds is 11. The molecule has 0 aliphatic carbocycles. The first-order valence-electron chi connectivity index (χ1n) is 11.5. The van der Waals surface area contributed by atoms with E-state index in [2.05, 4.69) is 26.6 Å². The van der Waals surface area contributed by atoms with Gasteiger partial charge in [-0.2, -0.15) is 0 Å². The fourth-order valence-electron chi connectivity index (χ4n) is 3.64. The Morgan fingerprint density at radius 2 is 1.86 bits per heavy atom. The summed E-state index contributed by atoms with van der Waals surface area (Å²) in [4.78, 5) is 26.3. The lowest BCUT2D eigenvalue weighted by molar-refractivity contribution is -0.123. The largest absolute Gasteiger partial charge is 0.354 e. The highest BCUT2D eigenvalue weighted by atomic mass is 79.9. The Bertz CT molecular complexity index is 1310. The molecule has 194 valence electrons. The average molecular weight is 615 g/mol. The number of hydrogen-bond acceptors (Lipinski definition) is 5. The highest BCUT2D eigenvalue weighted by Crippen LogP contribution is 2.27. The van der Waals surface area contributed by atoms with Crippen LogP contribution in [0, 0.1) is 5.92 Å². The zero-order chi connectivity index (χ0) is 26.5. The minimum Gasteiger partial charge on any atom is -0.354 e. The van der Waals surface area contributed by atoms with Crippen LogP contribution in [0.1, 0.15) is 36.4 Å². The summed E-state index contributed by atoms with van der Waals surface area (Å²) >= 11 is 10.8. The molecule has 11 heteroatoms. The van der Waals surface area contributed by atoms with E-state index in [4.69, 9.17) is 11.6 Å². The van der Waals surface area contributed by atoms with E-state index in [0.29, 0.717) is 22.2 Å². The normalized spacial score (nSPS) is 12.8. The van der Waals surface area contributed by atoms with E-state index in [9.17, 15) is 18.0 Å². The Hall–Kier alpha value is -1.98. The standard InChI is InChI=1S/C25H29BrClN3O4S2/c1-16(2)13-20(29-25(32)22-14-17-7-4-5-8-21(17)35-22)24(31)28-11-6-12-30(3)36(33,34)23-10-9-18(26)15-19(23)27/h4-5,7-10,14-16,20H,6,11-13H2,1-3H3,(H,28,31)(H,29,32)/t20-/m0/s1. The molecule has 1 atom stereocenters. The van der Waals surface area contributed by atoms with Gasteiger partial charge in [0.2, 0.25) is 15.9 Å². The summed E-state index contributed by atoms with van der Waals surface area (Å²) in [5.41, 5.74) is 0. The number of nitrogens with one attached hydrogen (secondary N) is 2. The first-order chi connectivity index (χ1) is 17.0. The van der Waals surface area contributed by atoms with Gasteiger partial charge in [-0.15, -0.1) is 11.3 Å². The Labute approximate surface area is 229 Å². The molecule has 0 radical (unpaired) electrons. The van der Waals surface area contributed by atoms with Crippen molar-refractivity contribution in [2.45, 2.75) is 37.6 Å². The van der Waals surface area contributed by atoms with Crippen molar-refractivity contribution in [2.75, 3.05) is 20.1 Å². The van der Waals surface area contributed by atoms with Crippen LogP contribution in [0.5, 0.6) is 0 Å². The lowest BCUT2D eigenvalue weighted by Gasteiger charge is -2.21. The van der Waals surface area contributed by atoms with E-state index >= 15 is 0 Å². The van der Waals surface area contributed by atoms with Gasteiger partial charge >= 0.3 is 0 Å². The summed E-state index contributed by atoms with van der Waals surface area (Å²) in [6.07, 6.45) is 0.882. The molecule has 0 bridgehead atoms. The minimum absolute atomic E-state index is 0.0276. The number of fused-ring (bicyclic) bond motifs is 1. The van der Waals surface area contributed by atoms with Gasteiger partial charge in [0.1, 0.15) is 10.9 Å². The number of carbonyl (C=O) groups is 2. The van der Waals surface area contributed by atoms with Gasteiger partial charge in [0.15, 0.2) is 0 Å². The predicted molar refractivity (Wildman–Crippen MR) is 149 cm³/mol. The van der Waals surface area contributed by atoms with Gasteiger partial charge in [-0.3, -0.25) is 9.59 Å². The summed E-state index contributed by atoms with van der Waals surface area (Å²) in [7, 11) is -2.29. The van der Waals surface area contributed by atoms with Crippen molar-refractivity contribution >= 4 is 70.8 Å². The molecule has 2 aromatic carbocycles. The summed E-state index contributed by atoms with van der Waals surface area (Å²) in [6, 6.07) is 13.5. The summed E-state index contributed by atoms with van der Waals surface area (Å²) in [5.74, 6) is -0.385. The lowest BCUT2D eigenvalue weighted by Crippen LogP contribution is -2.47. The minimum atomic E-state index is -3.77. The number of nitrogens with zero attached hydrogens (tertiary/aromatic N) is 1. The Morgan fingerprint density at radius 1 is 1.14 bits per heavy atom. The van der Waals surface area contributed by atoms with Gasteiger partial charge in [0.05, 0.1) is 9.90 Å². The maximum Gasteiger partial charge on any atom is 0.262 e. The van der Waals surface area contributed by atoms with Gasteiger partial charge < -0.3 is 10.6 Å². The highest BCUT2D eigenvalue weighted by Gasteiger charge is 2.25. The molecule has 0 unspecified atom stereocenters. The van der Waals surface area contributed by atoms with Crippen LogP contribution in [0.3, 0.4) is 0 Å². The van der Waals surface area contributed by atoms with E-state index in [-0.39, 0.29) is 40.7 Å². The van der Waals surface area contributed by atoms with E-state index < -0.39 is 16.1 Å². The number of benzene rings is 2.